The van der Waals surface area contributed by atoms with E-state index in [1.54, 1.807) is 6.21 Å². The van der Waals surface area contributed by atoms with Crippen molar-refractivity contribution in [1.82, 2.24) is 5.43 Å². The second-order valence-corrected chi connectivity index (χ2v) is 7.41. The van der Waals surface area contributed by atoms with Gasteiger partial charge < -0.3 is 9.64 Å². The lowest BCUT2D eigenvalue weighted by Gasteiger charge is -2.23. The molecule has 0 heterocycles. The van der Waals surface area contributed by atoms with E-state index >= 15 is 0 Å². The molecule has 0 aliphatic carbocycles. The summed E-state index contributed by atoms with van der Waals surface area (Å²) in [5.74, 6) is 0.294. The molecule has 0 aliphatic heterocycles. The molecule has 6 heteroatoms. The minimum atomic E-state index is -0.319. The number of carbonyl (C=O) groups is 1. The molecular weight excluding hydrogens is 386 g/mol. The first-order chi connectivity index (χ1) is 13.9. The SMILES string of the molecule is CCCN(CCC)c1ccc(C=NNC(=O)COc2cc(C)c(Cl)c(C)c2)cc1. The molecule has 0 spiro atoms. The Balaban J connectivity index is 1.85. The lowest BCUT2D eigenvalue weighted by molar-refractivity contribution is -0.123. The number of benzene rings is 2. The first-order valence-corrected chi connectivity index (χ1v) is 10.4. The molecule has 0 aromatic heterocycles. The Bertz CT molecular complexity index is 806. The zero-order valence-electron chi connectivity index (χ0n) is 17.7. The van der Waals surface area contributed by atoms with Crippen LogP contribution in [0.25, 0.3) is 0 Å². The Kier molecular flexibility index (Phi) is 9.00. The highest BCUT2D eigenvalue weighted by atomic mass is 35.5. The molecule has 0 fully saturated rings. The maximum absolute atomic E-state index is 11.9. The molecular formula is C23H30ClN3O2. The van der Waals surface area contributed by atoms with E-state index in [-0.39, 0.29) is 12.5 Å². The molecule has 0 atom stereocenters. The van der Waals surface area contributed by atoms with Gasteiger partial charge >= 0.3 is 0 Å². The standard InChI is InChI=1S/C23H30ClN3O2/c1-5-11-27(12-6-2)20-9-7-19(8-10-20)15-25-26-22(28)16-29-21-13-17(3)23(24)18(4)14-21/h7-10,13-15H,5-6,11-12,16H2,1-4H3,(H,26,28). The number of anilines is 1. The number of carbonyl (C=O) groups excluding carboxylic acids is 1. The number of amides is 1. The van der Waals surface area contributed by atoms with Gasteiger partial charge in [-0.1, -0.05) is 37.6 Å². The lowest BCUT2D eigenvalue weighted by atomic mass is 10.1. The van der Waals surface area contributed by atoms with Crippen LogP contribution in [-0.4, -0.2) is 31.8 Å². The zero-order valence-corrected chi connectivity index (χ0v) is 18.4. The van der Waals surface area contributed by atoms with Crippen LogP contribution in [0.2, 0.25) is 5.02 Å². The molecule has 0 saturated carbocycles. The quantitative estimate of drug-likeness (QED) is 0.433. The van der Waals surface area contributed by atoms with Crippen LogP contribution >= 0.6 is 11.6 Å². The number of hydrazone groups is 1. The van der Waals surface area contributed by atoms with Crippen LogP contribution in [0.1, 0.15) is 43.4 Å². The largest absolute Gasteiger partial charge is 0.484 e. The second-order valence-electron chi connectivity index (χ2n) is 7.03. The third-order valence-corrected chi connectivity index (χ3v) is 5.02. The number of aryl methyl sites for hydroxylation is 2. The number of nitrogens with one attached hydrogen (secondary N) is 1. The van der Waals surface area contributed by atoms with Gasteiger partial charge in [0.1, 0.15) is 5.75 Å². The fourth-order valence-electron chi connectivity index (χ4n) is 3.03. The Labute approximate surface area is 178 Å². The van der Waals surface area contributed by atoms with Gasteiger partial charge in [-0.05, 0) is 67.6 Å². The van der Waals surface area contributed by atoms with Gasteiger partial charge in [0.25, 0.3) is 5.91 Å². The highest BCUT2D eigenvalue weighted by Crippen LogP contribution is 2.25. The van der Waals surface area contributed by atoms with E-state index < -0.39 is 0 Å². The predicted molar refractivity (Wildman–Crippen MR) is 121 cm³/mol. The summed E-state index contributed by atoms with van der Waals surface area (Å²) in [4.78, 5) is 14.3. The maximum Gasteiger partial charge on any atom is 0.277 e. The topological polar surface area (TPSA) is 53.9 Å². The van der Waals surface area contributed by atoms with E-state index in [9.17, 15) is 4.79 Å². The van der Waals surface area contributed by atoms with Crippen LogP contribution in [0.3, 0.4) is 0 Å². The summed E-state index contributed by atoms with van der Waals surface area (Å²) in [6, 6.07) is 11.8. The zero-order chi connectivity index (χ0) is 21.2. The van der Waals surface area contributed by atoms with Crippen molar-refractivity contribution < 1.29 is 9.53 Å². The van der Waals surface area contributed by atoms with Crippen LogP contribution in [0.5, 0.6) is 5.75 Å². The van der Waals surface area contributed by atoms with Crippen molar-refractivity contribution in [2.75, 3.05) is 24.6 Å². The smallest absolute Gasteiger partial charge is 0.277 e. The molecule has 0 radical (unpaired) electrons. The lowest BCUT2D eigenvalue weighted by Crippen LogP contribution is -2.25. The molecule has 29 heavy (non-hydrogen) atoms. The van der Waals surface area contributed by atoms with E-state index in [1.807, 2.05) is 38.1 Å². The summed E-state index contributed by atoms with van der Waals surface area (Å²) in [5.41, 5.74) is 6.45. The van der Waals surface area contributed by atoms with E-state index in [0.717, 1.165) is 42.6 Å². The van der Waals surface area contributed by atoms with Crippen LogP contribution < -0.4 is 15.1 Å². The second kappa shape index (κ2) is 11.5. The van der Waals surface area contributed by atoms with Crippen molar-refractivity contribution >= 4 is 29.4 Å². The average molecular weight is 416 g/mol. The molecule has 0 bridgehead atoms. The van der Waals surface area contributed by atoms with Gasteiger partial charge in [-0.2, -0.15) is 5.10 Å². The summed E-state index contributed by atoms with van der Waals surface area (Å²) >= 11 is 6.14. The van der Waals surface area contributed by atoms with Crippen molar-refractivity contribution in [3.05, 3.63) is 58.1 Å². The van der Waals surface area contributed by atoms with Gasteiger partial charge in [0.15, 0.2) is 6.61 Å². The van der Waals surface area contributed by atoms with Crippen molar-refractivity contribution in [3.63, 3.8) is 0 Å². The Morgan fingerprint density at radius 1 is 1.10 bits per heavy atom. The van der Waals surface area contributed by atoms with E-state index in [1.165, 1.54) is 5.69 Å². The predicted octanol–water partition coefficient (Wildman–Crippen LogP) is 5.11. The summed E-state index contributed by atoms with van der Waals surface area (Å²) in [7, 11) is 0. The highest BCUT2D eigenvalue weighted by molar-refractivity contribution is 6.32. The molecule has 2 rings (SSSR count). The fraction of sp³-hybridized carbons (Fsp3) is 0.391. The third kappa shape index (κ3) is 7.09. The van der Waals surface area contributed by atoms with E-state index in [0.29, 0.717) is 10.8 Å². The number of halogens is 1. The van der Waals surface area contributed by atoms with Gasteiger partial charge in [-0.3, -0.25) is 4.79 Å². The van der Waals surface area contributed by atoms with Gasteiger partial charge in [0, 0.05) is 23.8 Å². The van der Waals surface area contributed by atoms with Crippen molar-refractivity contribution in [2.24, 2.45) is 5.10 Å². The number of hydrogen-bond acceptors (Lipinski definition) is 4. The molecule has 1 N–H and O–H groups in total. The van der Waals surface area contributed by atoms with Gasteiger partial charge in [-0.15, -0.1) is 0 Å². The first-order valence-electron chi connectivity index (χ1n) is 10.0. The van der Waals surface area contributed by atoms with Crippen LogP contribution in [0, 0.1) is 13.8 Å². The minimum absolute atomic E-state index is 0.111. The Hall–Kier alpha value is -2.53. The molecule has 0 aliphatic rings. The highest BCUT2D eigenvalue weighted by Gasteiger charge is 2.06. The maximum atomic E-state index is 11.9. The molecule has 156 valence electrons. The number of hydrogen-bond donors (Lipinski definition) is 1. The normalized spacial score (nSPS) is 10.9. The Morgan fingerprint density at radius 3 is 2.24 bits per heavy atom. The van der Waals surface area contributed by atoms with Gasteiger partial charge in [-0.25, -0.2) is 5.43 Å². The van der Waals surface area contributed by atoms with E-state index in [2.05, 4.69) is 41.4 Å². The summed E-state index contributed by atoms with van der Waals surface area (Å²) in [5, 5.41) is 4.72. The van der Waals surface area contributed by atoms with Gasteiger partial charge in [0.2, 0.25) is 0 Å². The number of rotatable bonds is 10. The number of ether oxygens (including phenoxy) is 1. The minimum Gasteiger partial charge on any atom is -0.484 e. The molecule has 0 unspecified atom stereocenters. The molecule has 5 nitrogen and oxygen atoms in total. The average Bonchev–Trinajstić information content (AvgIpc) is 2.71. The van der Waals surface area contributed by atoms with Crippen molar-refractivity contribution in [1.29, 1.82) is 0 Å². The molecule has 1 amide bonds. The van der Waals surface area contributed by atoms with Crippen LogP contribution in [0.4, 0.5) is 5.69 Å². The monoisotopic (exact) mass is 415 g/mol. The number of nitrogens with zero attached hydrogens (tertiary/aromatic N) is 2. The first kappa shape index (κ1) is 22.8. The fourth-order valence-corrected chi connectivity index (χ4v) is 3.14. The van der Waals surface area contributed by atoms with E-state index in [4.69, 9.17) is 16.3 Å². The molecule has 2 aromatic carbocycles. The molecule has 0 saturated heterocycles. The van der Waals surface area contributed by atoms with Crippen molar-refractivity contribution in [2.45, 2.75) is 40.5 Å². The summed E-state index contributed by atoms with van der Waals surface area (Å²) in [6.45, 7) is 10.2. The van der Waals surface area contributed by atoms with Crippen LogP contribution in [-0.2, 0) is 4.79 Å². The molecule has 2 aromatic rings. The van der Waals surface area contributed by atoms with Crippen LogP contribution in [0.15, 0.2) is 41.5 Å². The van der Waals surface area contributed by atoms with Gasteiger partial charge in [0.05, 0.1) is 6.21 Å². The summed E-state index contributed by atoms with van der Waals surface area (Å²) in [6.07, 6.45) is 3.86. The van der Waals surface area contributed by atoms with Crippen molar-refractivity contribution in [3.8, 4) is 5.75 Å². The third-order valence-electron chi connectivity index (χ3n) is 4.43. The Morgan fingerprint density at radius 2 is 1.69 bits per heavy atom. The summed E-state index contributed by atoms with van der Waals surface area (Å²) < 4.78 is 5.53.